The number of fused-ring (bicyclic) bond motifs is 2. The molecule has 0 fully saturated rings. The fourth-order valence-corrected chi connectivity index (χ4v) is 6.60. The SMILES string of the molecule is O=C(Cn1ccn2c(=O)c(-c3ccccc3)nc-2c1)N[C@H](c1ccccc1)[C@H](NC(=O)Cn1ccn2c(=O)c(-c3ccccc3)nc-2c1)c1ccccc1. The summed E-state index contributed by atoms with van der Waals surface area (Å²) in [6.07, 6.45) is 9.84. The maximum absolute atomic E-state index is 13.8. The minimum Gasteiger partial charge on any atom is -0.345 e. The van der Waals surface area contributed by atoms with Crippen LogP contribution in [0, 0.1) is 0 Å². The molecule has 2 atom stereocenters. The van der Waals surface area contributed by atoms with Crippen LogP contribution in [0.25, 0.3) is 34.2 Å². The average Bonchev–Trinajstić information content (AvgIpc) is 3.72. The Labute approximate surface area is 309 Å². The molecule has 0 bridgehead atoms. The van der Waals surface area contributed by atoms with Crippen molar-refractivity contribution < 1.29 is 9.59 Å². The van der Waals surface area contributed by atoms with Gasteiger partial charge in [-0.25, -0.2) is 9.97 Å². The average molecular weight is 715 g/mol. The molecule has 54 heavy (non-hydrogen) atoms. The quantitative estimate of drug-likeness (QED) is 0.193. The third-order valence-electron chi connectivity index (χ3n) is 9.20. The molecule has 4 aromatic carbocycles. The number of rotatable bonds is 11. The largest absolute Gasteiger partial charge is 0.345 e. The Bertz CT molecular complexity index is 2410. The molecular weight excluding hydrogens is 681 g/mol. The van der Waals surface area contributed by atoms with Gasteiger partial charge in [-0.2, -0.15) is 0 Å². The van der Waals surface area contributed by atoms with Crippen LogP contribution >= 0.6 is 0 Å². The second-order valence-electron chi connectivity index (χ2n) is 12.8. The van der Waals surface area contributed by atoms with Crippen molar-refractivity contribution >= 4 is 11.8 Å². The molecule has 0 saturated heterocycles. The van der Waals surface area contributed by atoms with Crippen LogP contribution in [0.1, 0.15) is 23.2 Å². The van der Waals surface area contributed by atoms with Gasteiger partial charge in [0.25, 0.3) is 11.1 Å². The minimum absolute atomic E-state index is 0.0656. The third-order valence-corrected chi connectivity index (χ3v) is 9.20. The number of hydrogen-bond donors (Lipinski definition) is 2. The zero-order chi connectivity index (χ0) is 37.0. The lowest BCUT2D eigenvalue weighted by Crippen LogP contribution is -2.42. The molecule has 0 aromatic heterocycles. The minimum atomic E-state index is -0.657. The van der Waals surface area contributed by atoms with Crippen LogP contribution < -0.4 is 21.8 Å². The highest BCUT2D eigenvalue weighted by molar-refractivity contribution is 5.78. The Kier molecular flexibility index (Phi) is 9.21. The summed E-state index contributed by atoms with van der Waals surface area (Å²) in [5, 5.41) is 6.34. The van der Waals surface area contributed by atoms with Crippen LogP contribution in [0.2, 0.25) is 0 Å². The number of carbonyl (C=O) groups excluding carboxylic acids is 2. The molecule has 0 spiro atoms. The molecule has 12 nitrogen and oxygen atoms in total. The number of benzene rings is 4. The molecule has 4 aromatic rings. The molecule has 0 saturated carbocycles. The highest BCUT2D eigenvalue weighted by atomic mass is 16.2. The Morgan fingerprint density at radius 3 is 1.22 bits per heavy atom. The molecule has 2 amide bonds. The van der Waals surface area contributed by atoms with Crippen LogP contribution in [0.4, 0.5) is 0 Å². The number of carbonyl (C=O) groups is 2. The summed E-state index contributed by atoms with van der Waals surface area (Å²) in [7, 11) is 0. The number of amides is 2. The van der Waals surface area contributed by atoms with E-state index in [2.05, 4.69) is 20.6 Å². The molecule has 12 heteroatoms. The highest BCUT2D eigenvalue weighted by Gasteiger charge is 2.29. The maximum Gasteiger partial charge on any atom is 0.282 e. The predicted molar refractivity (Wildman–Crippen MR) is 204 cm³/mol. The molecule has 266 valence electrons. The van der Waals surface area contributed by atoms with Crippen molar-refractivity contribution in [2.45, 2.75) is 25.2 Å². The zero-order valence-corrected chi connectivity index (χ0v) is 28.9. The summed E-state index contributed by atoms with van der Waals surface area (Å²) in [6.45, 7) is -0.131. The molecule has 4 heterocycles. The summed E-state index contributed by atoms with van der Waals surface area (Å²) < 4.78 is 6.25. The van der Waals surface area contributed by atoms with Crippen LogP contribution in [0.5, 0.6) is 0 Å². The van der Waals surface area contributed by atoms with E-state index in [1.807, 2.05) is 121 Å². The normalized spacial score (nSPS) is 12.4. The fraction of sp³-hybridized carbons (Fsp3) is 0.0952. The lowest BCUT2D eigenvalue weighted by atomic mass is 9.93. The Hall–Kier alpha value is -7.34. The van der Waals surface area contributed by atoms with E-state index >= 15 is 0 Å². The lowest BCUT2D eigenvalue weighted by Gasteiger charge is -2.30. The fourth-order valence-electron chi connectivity index (χ4n) is 6.60. The lowest BCUT2D eigenvalue weighted by molar-refractivity contribution is -0.125. The summed E-state index contributed by atoms with van der Waals surface area (Å²) in [5.41, 5.74) is 3.19. The number of aromatic nitrogens is 6. The van der Waals surface area contributed by atoms with Gasteiger partial charge < -0.3 is 19.8 Å². The smallest absolute Gasteiger partial charge is 0.282 e. The Morgan fingerprint density at radius 1 is 0.500 bits per heavy atom. The molecular formula is C42H34N8O4. The molecule has 8 rings (SSSR count). The number of imidazole rings is 2. The van der Waals surface area contributed by atoms with Crippen LogP contribution in [-0.4, -0.2) is 40.1 Å². The molecule has 0 unspecified atom stereocenters. The van der Waals surface area contributed by atoms with Crippen LogP contribution in [0.3, 0.4) is 0 Å². The van der Waals surface area contributed by atoms with E-state index in [1.165, 1.54) is 9.13 Å². The van der Waals surface area contributed by atoms with Crippen LogP contribution in [0.15, 0.2) is 168 Å². The van der Waals surface area contributed by atoms with Gasteiger partial charge >= 0.3 is 0 Å². The van der Waals surface area contributed by atoms with E-state index in [0.29, 0.717) is 34.2 Å². The van der Waals surface area contributed by atoms with Crippen molar-refractivity contribution in [3.63, 3.8) is 0 Å². The first-order chi connectivity index (χ1) is 26.4. The third kappa shape index (κ3) is 6.95. The summed E-state index contributed by atoms with van der Waals surface area (Å²) in [6, 6.07) is 36.1. The van der Waals surface area contributed by atoms with E-state index in [0.717, 1.165) is 11.1 Å². The second kappa shape index (κ2) is 14.7. The monoisotopic (exact) mass is 714 g/mol. The Balaban J connectivity index is 1.05. The van der Waals surface area contributed by atoms with Gasteiger partial charge in [0.05, 0.1) is 12.1 Å². The van der Waals surface area contributed by atoms with Gasteiger partial charge in [0, 0.05) is 48.3 Å². The standard InChI is InChI=1S/C42H34N8O4/c51-35(27-47-21-23-49-33(25-47)43-39(41(49)53)31-17-9-3-10-18-31)45-37(29-13-5-1-6-14-29)38(30-15-7-2-8-16-30)46-36(52)28-48-22-24-50-34(26-48)44-40(42(50)54)32-19-11-4-12-20-32/h1-26,37-38H,27-28H2,(H,45,51)(H,46,52)/t37-,38-/m1/s1. The molecule has 0 radical (unpaired) electrons. The van der Waals surface area contributed by atoms with E-state index in [-0.39, 0.29) is 36.0 Å². The van der Waals surface area contributed by atoms with Gasteiger partial charge in [-0.3, -0.25) is 28.3 Å². The van der Waals surface area contributed by atoms with E-state index in [9.17, 15) is 19.2 Å². The van der Waals surface area contributed by atoms with Gasteiger partial charge in [-0.1, -0.05) is 121 Å². The predicted octanol–water partition coefficient (Wildman–Crippen LogP) is 5.01. The van der Waals surface area contributed by atoms with Crippen molar-refractivity contribution in [3.8, 4) is 34.2 Å². The second-order valence-corrected chi connectivity index (χ2v) is 12.8. The van der Waals surface area contributed by atoms with Gasteiger partial charge in [-0.05, 0) is 11.1 Å². The Morgan fingerprint density at radius 2 is 0.852 bits per heavy atom. The van der Waals surface area contributed by atoms with Crippen molar-refractivity contribution in [2.24, 2.45) is 0 Å². The van der Waals surface area contributed by atoms with E-state index in [1.54, 1.807) is 46.3 Å². The highest BCUT2D eigenvalue weighted by Crippen LogP contribution is 2.29. The molecule has 0 aliphatic carbocycles. The summed E-state index contributed by atoms with van der Waals surface area (Å²) in [5.74, 6) is 0.202. The van der Waals surface area contributed by atoms with E-state index < -0.39 is 12.1 Å². The number of nitrogens with one attached hydrogen (secondary N) is 2. The summed E-state index contributed by atoms with van der Waals surface area (Å²) in [4.78, 5) is 62.9. The van der Waals surface area contributed by atoms with Crippen molar-refractivity contribution in [3.05, 3.63) is 190 Å². The van der Waals surface area contributed by atoms with Gasteiger partial charge in [-0.15, -0.1) is 0 Å². The topological polar surface area (TPSA) is 138 Å². The number of nitrogens with zero attached hydrogens (tertiary/aromatic N) is 6. The first-order valence-electron chi connectivity index (χ1n) is 17.4. The number of hydrogen-bond acceptors (Lipinski definition) is 6. The maximum atomic E-state index is 13.8. The summed E-state index contributed by atoms with van der Waals surface area (Å²) >= 11 is 0. The van der Waals surface area contributed by atoms with Gasteiger partial charge in [0.15, 0.2) is 11.6 Å². The zero-order valence-electron chi connectivity index (χ0n) is 28.9. The van der Waals surface area contributed by atoms with Crippen molar-refractivity contribution in [1.82, 2.24) is 38.9 Å². The van der Waals surface area contributed by atoms with E-state index in [4.69, 9.17) is 0 Å². The molecule has 4 aliphatic rings. The van der Waals surface area contributed by atoms with Crippen molar-refractivity contribution in [2.75, 3.05) is 0 Å². The molecule has 2 N–H and O–H groups in total. The van der Waals surface area contributed by atoms with Gasteiger partial charge in [0.2, 0.25) is 11.8 Å². The van der Waals surface area contributed by atoms with Crippen LogP contribution in [-0.2, 0) is 22.7 Å². The first kappa shape index (κ1) is 33.8. The van der Waals surface area contributed by atoms with Gasteiger partial charge in [0.1, 0.15) is 24.5 Å². The van der Waals surface area contributed by atoms with Crippen molar-refractivity contribution in [1.29, 1.82) is 0 Å². The molecule has 4 aliphatic heterocycles. The first-order valence-corrected chi connectivity index (χ1v) is 17.4.